The average molecular weight is 124 g/mol. The van der Waals surface area contributed by atoms with Gasteiger partial charge in [0, 0.05) is 0 Å². The Morgan fingerprint density at radius 1 is 1.44 bits per heavy atom. The van der Waals surface area contributed by atoms with Crippen LogP contribution >= 0.6 is 0 Å². The van der Waals surface area contributed by atoms with Crippen molar-refractivity contribution in [1.29, 1.82) is 0 Å². The minimum Gasteiger partial charge on any atom is -0.0882 e. The monoisotopic (exact) mass is 124 g/mol. The maximum Gasteiger partial charge on any atom is -0.0232 e. The zero-order valence-electron chi connectivity index (χ0n) is 6.48. The first kappa shape index (κ1) is 6.85. The Hall–Kier alpha value is -0.260. The van der Waals surface area contributed by atoms with Gasteiger partial charge in [0.05, 0.1) is 0 Å². The Kier molecular flexibility index (Phi) is 2.32. The van der Waals surface area contributed by atoms with Crippen LogP contribution in [0.1, 0.15) is 39.5 Å². The fraction of sp³-hybridized carbons (Fsp3) is 0.778. The van der Waals surface area contributed by atoms with E-state index < -0.39 is 0 Å². The minimum absolute atomic E-state index is 0.878. The van der Waals surface area contributed by atoms with E-state index in [4.69, 9.17) is 0 Å². The van der Waals surface area contributed by atoms with Gasteiger partial charge in [-0.1, -0.05) is 25.0 Å². The first-order valence-electron chi connectivity index (χ1n) is 3.99. The number of allylic oxidation sites excluding steroid dienone is 2. The molecule has 0 amide bonds. The van der Waals surface area contributed by atoms with Gasteiger partial charge >= 0.3 is 0 Å². The average Bonchev–Trinajstić information content (AvgIpc) is 1.89. The van der Waals surface area contributed by atoms with Gasteiger partial charge in [0.25, 0.3) is 0 Å². The maximum atomic E-state index is 2.34. The summed E-state index contributed by atoms with van der Waals surface area (Å²) in [4.78, 5) is 0. The van der Waals surface area contributed by atoms with Crippen molar-refractivity contribution in [2.75, 3.05) is 0 Å². The van der Waals surface area contributed by atoms with Gasteiger partial charge in [-0.05, 0) is 32.1 Å². The molecule has 0 heterocycles. The Balaban J connectivity index is 2.49. The molecule has 1 saturated carbocycles. The summed E-state index contributed by atoms with van der Waals surface area (Å²) in [5.74, 6) is 0.878. The molecule has 0 spiro atoms. The molecule has 0 nitrogen and oxygen atoms in total. The highest BCUT2D eigenvalue weighted by molar-refractivity contribution is 5.06. The third-order valence-corrected chi connectivity index (χ3v) is 2.36. The maximum absolute atomic E-state index is 2.34. The standard InChI is InChI=1S/C9H16/c1-3-9-7-5-4-6-8(9)2/h3,8H,4-7H2,1-2H3/b9-3+. The lowest BCUT2D eigenvalue weighted by Gasteiger charge is -2.20. The van der Waals surface area contributed by atoms with Crippen LogP contribution in [-0.4, -0.2) is 0 Å². The molecule has 1 atom stereocenters. The summed E-state index contributed by atoms with van der Waals surface area (Å²) in [5.41, 5.74) is 1.68. The second kappa shape index (κ2) is 3.05. The van der Waals surface area contributed by atoms with E-state index in [1.165, 1.54) is 25.7 Å². The molecule has 1 aliphatic carbocycles. The molecule has 0 aromatic carbocycles. The molecule has 0 aliphatic heterocycles. The van der Waals surface area contributed by atoms with Gasteiger partial charge in [0.15, 0.2) is 0 Å². The minimum atomic E-state index is 0.878. The molecule has 0 N–H and O–H groups in total. The quantitative estimate of drug-likeness (QED) is 0.435. The van der Waals surface area contributed by atoms with Crippen LogP contribution in [-0.2, 0) is 0 Å². The van der Waals surface area contributed by atoms with Crippen LogP contribution < -0.4 is 0 Å². The van der Waals surface area contributed by atoms with Gasteiger partial charge in [0.1, 0.15) is 0 Å². The molecule has 0 heteroatoms. The Morgan fingerprint density at radius 3 is 2.67 bits per heavy atom. The molecule has 0 radical (unpaired) electrons. The van der Waals surface area contributed by atoms with Gasteiger partial charge in [0.2, 0.25) is 0 Å². The molecule has 1 aliphatic rings. The smallest absolute Gasteiger partial charge is 0.0232 e. The van der Waals surface area contributed by atoms with E-state index >= 15 is 0 Å². The predicted octanol–water partition coefficient (Wildman–Crippen LogP) is 3.14. The van der Waals surface area contributed by atoms with E-state index in [0.29, 0.717) is 0 Å². The fourth-order valence-electron chi connectivity index (χ4n) is 1.64. The van der Waals surface area contributed by atoms with Crippen molar-refractivity contribution >= 4 is 0 Å². The van der Waals surface area contributed by atoms with E-state index in [1.54, 1.807) is 5.57 Å². The molecular weight excluding hydrogens is 108 g/mol. The van der Waals surface area contributed by atoms with Crippen molar-refractivity contribution in [3.8, 4) is 0 Å². The molecular formula is C9H16. The van der Waals surface area contributed by atoms with E-state index in [0.717, 1.165) is 5.92 Å². The van der Waals surface area contributed by atoms with E-state index in [-0.39, 0.29) is 0 Å². The molecule has 0 bridgehead atoms. The number of hydrogen-bond acceptors (Lipinski definition) is 0. The van der Waals surface area contributed by atoms with Gasteiger partial charge < -0.3 is 0 Å². The summed E-state index contributed by atoms with van der Waals surface area (Å²) < 4.78 is 0. The summed E-state index contributed by atoms with van der Waals surface area (Å²) in [7, 11) is 0. The van der Waals surface area contributed by atoms with Crippen molar-refractivity contribution < 1.29 is 0 Å². The Labute approximate surface area is 58.0 Å². The lowest BCUT2D eigenvalue weighted by molar-refractivity contribution is 0.483. The molecule has 1 unspecified atom stereocenters. The Bertz CT molecular complexity index is 111. The van der Waals surface area contributed by atoms with Gasteiger partial charge in [-0.3, -0.25) is 0 Å². The first-order valence-corrected chi connectivity index (χ1v) is 3.99. The SMILES string of the molecule is C/C=C1\CCCCC1C. The lowest BCUT2D eigenvalue weighted by Crippen LogP contribution is -2.05. The highest BCUT2D eigenvalue weighted by atomic mass is 14.2. The second-order valence-electron chi connectivity index (χ2n) is 3.01. The van der Waals surface area contributed by atoms with Gasteiger partial charge in [-0.2, -0.15) is 0 Å². The number of hydrogen-bond donors (Lipinski definition) is 0. The molecule has 0 saturated heterocycles. The van der Waals surface area contributed by atoms with Crippen LogP contribution in [0.25, 0.3) is 0 Å². The van der Waals surface area contributed by atoms with Gasteiger partial charge in [-0.25, -0.2) is 0 Å². The first-order chi connectivity index (χ1) is 4.34. The van der Waals surface area contributed by atoms with E-state index in [9.17, 15) is 0 Å². The van der Waals surface area contributed by atoms with Crippen LogP contribution in [0.2, 0.25) is 0 Å². The van der Waals surface area contributed by atoms with Crippen molar-refractivity contribution in [1.82, 2.24) is 0 Å². The normalized spacial score (nSPS) is 33.1. The topological polar surface area (TPSA) is 0 Å². The Morgan fingerprint density at radius 2 is 2.22 bits per heavy atom. The summed E-state index contributed by atoms with van der Waals surface area (Å²) in [6, 6.07) is 0. The largest absolute Gasteiger partial charge is 0.0882 e. The van der Waals surface area contributed by atoms with Crippen molar-refractivity contribution in [3.05, 3.63) is 11.6 Å². The summed E-state index contributed by atoms with van der Waals surface area (Å²) in [5, 5.41) is 0. The third kappa shape index (κ3) is 1.57. The van der Waals surface area contributed by atoms with Crippen LogP contribution in [0.5, 0.6) is 0 Å². The van der Waals surface area contributed by atoms with Crippen molar-refractivity contribution in [3.63, 3.8) is 0 Å². The van der Waals surface area contributed by atoms with Crippen molar-refractivity contribution in [2.45, 2.75) is 39.5 Å². The number of rotatable bonds is 0. The fourth-order valence-corrected chi connectivity index (χ4v) is 1.64. The van der Waals surface area contributed by atoms with Crippen LogP contribution in [0.3, 0.4) is 0 Å². The second-order valence-corrected chi connectivity index (χ2v) is 3.01. The zero-order chi connectivity index (χ0) is 6.69. The highest BCUT2D eigenvalue weighted by Crippen LogP contribution is 2.28. The molecule has 9 heavy (non-hydrogen) atoms. The highest BCUT2D eigenvalue weighted by Gasteiger charge is 2.11. The van der Waals surface area contributed by atoms with Crippen LogP contribution in [0, 0.1) is 5.92 Å². The van der Waals surface area contributed by atoms with E-state index in [1.807, 2.05) is 0 Å². The molecule has 0 aromatic rings. The molecule has 1 fully saturated rings. The van der Waals surface area contributed by atoms with Crippen LogP contribution in [0.4, 0.5) is 0 Å². The van der Waals surface area contributed by atoms with Crippen LogP contribution in [0.15, 0.2) is 11.6 Å². The lowest BCUT2D eigenvalue weighted by atomic mass is 9.86. The zero-order valence-corrected chi connectivity index (χ0v) is 6.48. The summed E-state index contributed by atoms with van der Waals surface area (Å²) in [6.45, 7) is 4.51. The molecule has 0 aromatic heterocycles. The third-order valence-electron chi connectivity index (χ3n) is 2.36. The summed E-state index contributed by atoms with van der Waals surface area (Å²) >= 11 is 0. The summed E-state index contributed by atoms with van der Waals surface area (Å²) in [6.07, 6.45) is 7.93. The molecule has 1 rings (SSSR count). The van der Waals surface area contributed by atoms with Crippen molar-refractivity contribution in [2.24, 2.45) is 5.92 Å². The predicted molar refractivity (Wildman–Crippen MR) is 41.4 cm³/mol. The van der Waals surface area contributed by atoms with E-state index in [2.05, 4.69) is 19.9 Å². The van der Waals surface area contributed by atoms with Gasteiger partial charge in [-0.15, -0.1) is 0 Å². The molecule has 52 valence electrons.